The number of Topliss-reactive ketones (excluding diaryl/α,β-unsaturated/α-hetero) is 1. The lowest BCUT2D eigenvalue weighted by Gasteiger charge is -2.32. The summed E-state index contributed by atoms with van der Waals surface area (Å²) in [7, 11) is 0. The van der Waals surface area contributed by atoms with Crippen LogP contribution in [0.1, 0.15) is 57.3 Å². The summed E-state index contributed by atoms with van der Waals surface area (Å²) >= 11 is 0. The zero-order chi connectivity index (χ0) is 18.3. The highest BCUT2D eigenvalue weighted by atomic mass is 16.5. The molecule has 0 heterocycles. The molecule has 0 radical (unpaired) electrons. The monoisotopic (exact) mass is 335 g/mol. The van der Waals surface area contributed by atoms with E-state index in [1.54, 1.807) is 31.2 Å². The normalized spacial score (nSPS) is 12.3. The van der Waals surface area contributed by atoms with Crippen molar-refractivity contribution in [2.75, 3.05) is 0 Å². The molecule has 6 heteroatoms. The summed E-state index contributed by atoms with van der Waals surface area (Å²) < 4.78 is 5.60. The van der Waals surface area contributed by atoms with Gasteiger partial charge in [0.2, 0.25) is 0 Å². The number of carboxylic acid groups (broad SMARTS) is 1. The summed E-state index contributed by atoms with van der Waals surface area (Å²) in [6.45, 7) is 6.73. The molecule has 0 bridgehead atoms. The molecule has 24 heavy (non-hydrogen) atoms. The van der Waals surface area contributed by atoms with Gasteiger partial charge in [-0.3, -0.25) is 14.4 Å². The zero-order valence-corrected chi connectivity index (χ0v) is 14.6. The van der Waals surface area contributed by atoms with Crippen molar-refractivity contribution < 1.29 is 24.2 Å². The Bertz CT molecular complexity index is 607. The summed E-state index contributed by atoms with van der Waals surface area (Å²) in [6.07, 6.45) is 0.0685. The van der Waals surface area contributed by atoms with E-state index in [2.05, 4.69) is 5.32 Å². The number of hydrogen-bond donors (Lipinski definition) is 2. The van der Waals surface area contributed by atoms with Gasteiger partial charge in [-0.2, -0.15) is 0 Å². The zero-order valence-electron chi connectivity index (χ0n) is 14.6. The molecule has 0 aliphatic heterocycles. The molecule has 0 aliphatic carbocycles. The number of hydrogen-bond acceptors (Lipinski definition) is 4. The van der Waals surface area contributed by atoms with E-state index in [1.165, 1.54) is 6.92 Å². The number of carbonyl (C=O) groups excluding carboxylic acids is 2. The van der Waals surface area contributed by atoms with Crippen LogP contribution in [-0.2, 0) is 9.59 Å². The maximum atomic E-state index is 12.4. The van der Waals surface area contributed by atoms with E-state index in [0.29, 0.717) is 24.2 Å². The van der Waals surface area contributed by atoms with Crippen LogP contribution in [0.25, 0.3) is 0 Å². The number of rotatable bonds is 9. The van der Waals surface area contributed by atoms with Crippen LogP contribution in [0.15, 0.2) is 24.3 Å². The molecule has 2 N–H and O–H groups in total. The van der Waals surface area contributed by atoms with Crippen molar-refractivity contribution >= 4 is 17.7 Å². The smallest absolute Gasteiger partial charge is 0.305 e. The van der Waals surface area contributed by atoms with Crippen molar-refractivity contribution in [3.8, 4) is 5.75 Å². The topological polar surface area (TPSA) is 92.7 Å². The molecular formula is C18H25NO5. The molecule has 1 amide bonds. The third-order valence-electron chi connectivity index (χ3n) is 4.15. The van der Waals surface area contributed by atoms with E-state index >= 15 is 0 Å². The fraction of sp³-hybridized carbons (Fsp3) is 0.500. The van der Waals surface area contributed by atoms with Crippen LogP contribution >= 0.6 is 0 Å². The second-order valence-electron chi connectivity index (χ2n) is 5.89. The molecular weight excluding hydrogens is 310 g/mol. The molecule has 0 aliphatic rings. The Balaban J connectivity index is 2.81. The molecule has 1 atom stereocenters. The Morgan fingerprint density at radius 1 is 1.25 bits per heavy atom. The Hall–Kier alpha value is -2.37. The molecule has 1 rings (SSSR count). The number of carboxylic acids is 1. The first-order valence-electron chi connectivity index (χ1n) is 8.04. The van der Waals surface area contributed by atoms with E-state index in [1.807, 2.05) is 13.8 Å². The lowest BCUT2D eigenvalue weighted by molar-refractivity contribution is -0.139. The van der Waals surface area contributed by atoms with Gasteiger partial charge in [0.15, 0.2) is 11.9 Å². The minimum atomic E-state index is -0.957. The van der Waals surface area contributed by atoms with Crippen LogP contribution in [-0.4, -0.2) is 34.4 Å². The van der Waals surface area contributed by atoms with Crippen LogP contribution in [0.2, 0.25) is 0 Å². The number of benzene rings is 1. The average Bonchev–Trinajstić information content (AvgIpc) is 2.53. The van der Waals surface area contributed by atoms with Gasteiger partial charge in [0, 0.05) is 5.56 Å². The van der Waals surface area contributed by atoms with Gasteiger partial charge in [0.25, 0.3) is 5.91 Å². The van der Waals surface area contributed by atoms with E-state index in [-0.39, 0.29) is 18.1 Å². The summed E-state index contributed by atoms with van der Waals surface area (Å²) in [6, 6.07) is 6.60. The van der Waals surface area contributed by atoms with Gasteiger partial charge in [-0.1, -0.05) is 26.0 Å². The van der Waals surface area contributed by atoms with Crippen molar-refractivity contribution in [1.29, 1.82) is 0 Å². The highest BCUT2D eigenvalue weighted by Crippen LogP contribution is 2.21. The average molecular weight is 335 g/mol. The Morgan fingerprint density at radius 2 is 1.88 bits per heavy atom. The van der Waals surface area contributed by atoms with E-state index in [9.17, 15) is 14.4 Å². The van der Waals surface area contributed by atoms with Crippen molar-refractivity contribution in [2.45, 2.75) is 58.6 Å². The third-order valence-corrected chi connectivity index (χ3v) is 4.15. The van der Waals surface area contributed by atoms with Gasteiger partial charge in [-0.25, -0.2) is 0 Å². The first-order chi connectivity index (χ1) is 11.2. The summed E-state index contributed by atoms with van der Waals surface area (Å²) in [5, 5.41) is 11.9. The number of amides is 1. The minimum Gasteiger partial charge on any atom is -0.481 e. The number of aliphatic carboxylic acids is 1. The number of ketones is 1. The fourth-order valence-electron chi connectivity index (χ4n) is 2.42. The number of carbonyl (C=O) groups is 3. The van der Waals surface area contributed by atoms with Gasteiger partial charge in [0.05, 0.1) is 12.0 Å². The van der Waals surface area contributed by atoms with Crippen LogP contribution in [0.3, 0.4) is 0 Å². The van der Waals surface area contributed by atoms with Crippen molar-refractivity contribution in [2.24, 2.45) is 0 Å². The predicted molar refractivity (Wildman–Crippen MR) is 90.2 cm³/mol. The second-order valence-corrected chi connectivity index (χ2v) is 5.89. The molecule has 0 saturated heterocycles. The van der Waals surface area contributed by atoms with Crippen LogP contribution in [0, 0.1) is 0 Å². The molecule has 0 spiro atoms. The molecule has 1 aromatic rings. The summed E-state index contributed by atoms with van der Waals surface area (Å²) in [4.78, 5) is 34.8. The molecule has 6 nitrogen and oxygen atoms in total. The minimum absolute atomic E-state index is 0.0880. The van der Waals surface area contributed by atoms with Gasteiger partial charge >= 0.3 is 5.97 Å². The molecule has 1 aromatic carbocycles. The molecule has 132 valence electrons. The highest BCUT2D eigenvalue weighted by molar-refractivity contribution is 5.94. The van der Waals surface area contributed by atoms with Gasteiger partial charge in [-0.15, -0.1) is 0 Å². The molecule has 0 aromatic heterocycles. The Kier molecular flexibility index (Phi) is 6.95. The molecule has 1 unspecified atom stereocenters. The van der Waals surface area contributed by atoms with Gasteiger partial charge in [0.1, 0.15) is 5.75 Å². The van der Waals surface area contributed by atoms with E-state index in [0.717, 1.165) is 0 Å². The Labute approximate surface area is 142 Å². The fourth-order valence-corrected chi connectivity index (χ4v) is 2.42. The molecule has 0 fully saturated rings. The van der Waals surface area contributed by atoms with Crippen LogP contribution in [0.5, 0.6) is 5.75 Å². The highest BCUT2D eigenvalue weighted by Gasteiger charge is 2.32. The van der Waals surface area contributed by atoms with Crippen molar-refractivity contribution in [3.63, 3.8) is 0 Å². The largest absolute Gasteiger partial charge is 0.481 e. The van der Waals surface area contributed by atoms with Crippen LogP contribution < -0.4 is 10.1 Å². The Morgan fingerprint density at radius 3 is 2.38 bits per heavy atom. The first-order valence-corrected chi connectivity index (χ1v) is 8.04. The SMILES string of the molecule is CCC(CC)(CC(=O)O)NC(=O)C(C)Oc1cccc(C(C)=O)c1. The van der Waals surface area contributed by atoms with Gasteiger partial charge < -0.3 is 15.2 Å². The van der Waals surface area contributed by atoms with Crippen molar-refractivity contribution in [3.05, 3.63) is 29.8 Å². The van der Waals surface area contributed by atoms with Crippen molar-refractivity contribution in [1.82, 2.24) is 5.32 Å². The quantitative estimate of drug-likeness (QED) is 0.677. The van der Waals surface area contributed by atoms with E-state index < -0.39 is 17.6 Å². The van der Waals surface area contributed by atoms with Crippen LogP contribution in [0.4, 0.5) is 0 Å². The maximum absolute atomic E-state index is 12.4. The van der Waals surface area contributed by atoms with E-state index in [4.69, 9.17) is 9.84 Å². The maximum Gasteiger partial charge on any atom is 0.305 e. The number of ether oxygens (including phenoxy) is 1. The lowest BCUT2D eigenvalue weighted by atomic mass is 9.88. The second kappa shape index (κ2) is 8.47. The first kappa shape index (κ1) is 19.7. The third kappa shape index (κ3) is 5.37. The number of nitrogens with one attached hydrogen (secondary N) is 1. The standard InChI is InChI=1S/C18H25NO5/c1-5-18(6-2,11-16(21)22)19-17(23)13(4)24-15-9-7-8-14(10-15)12(3)20/h7-10,13H,5-6,11H2,1-4H3,(H,19,23)(H,21,22). The summed E-state index contributed by atoms with van der Waals surface area (Å²) in [5.74, 6) is -1.01. The predicted octanol–water partition coefficient (Wildman–Crippen LogP) is 2.81. The lowest BCUT2D eigenvalue weighted by Crippen LogP contribution is -2.52. The molecule has 0 saturated carbocycles. The summed E-state index contributed by atoms with van der Waals surface area (Å²) in [5.41, 5.74) is -0.288. The van der Waals surface area contributed by atoms with Gasteiger partial charge in [-0.05, 0) is 38.8 Å².